The summed E-state index contributed by atoms with van der Waals surface area (Å²) in [6, 6.07) is 14.7. The minimum absolute atomic E-state index is 0.0430. The van der Waals surface area contributed by atoms with Gasteiger partial charge in [-0.2, -0.15) is 0 Å². The average molecular weight is 295 g/mol. The molecule has 0 fully saturated rings. The van der Waals surface area contributed by atoms with Gasteiger partial charge < -0.3 is 16.0 Å². The summed E-state index contributed by atoms with van der Waals surface area (Å²) >= 11 is 0. The summed E-state index contributed by atoms with van der Waals surface area (Å²) < 4.78 is 0. The molecule has 22 heavy (non-hydrogen) atoms. The second-order valence-corrected chi connectivity index (χ2v) is 5.27. The first-order chi connectivity index (χ1) is 10.6. The molecule has 0 aromatic heterocycles. The topological polar surface area (TPSA) is 75.4 Å². The van der Waals surface area contributed by atoms with Crippen molar-refractivity contribution in [1.29, 1.82) is 0 Å². The molecule has 5 nitrogen and oxygen atoms in total. The van der Waals surface area contributed by atoms with Crippen molar-refractivity contribution in [2.75, 3.05) is 22.5 Å². The van der Waals surface area contributed by atoms with E-state index < -0.39 is 0 Å². The molecule has 2 aromatic rings. The lowest BCUT2D eigenvalue weighted by molar-refractivity contribution is -0.117. The SMILES string of the molecule is Nc1ccc(NC(=O)CCN2C(=O)Cc3ccccc32)cc1. The van der Waals surface area contributed by atoms with Gasteiger partial charge in [-0.1, -0.05) is 18.2 Å². The molecule has 0 radical (unpaired) electrons. The first kappa shape index (κ1) is 14.1. The van der Waals surface area contributed by atoms with Crippen LogP contribution in [0.1, 0.15) is 12.0 Å². The van der Waals surface area contributed by atoms with E-state index in [1.54, 1.807) is 29.2 Å². The Hall–Kier alpha value is -2.82. The molecule has 0 unspecified atom stereocenters. The van der Waals surface area contributed by atoms with Crippen LogP contribution in [0.5, 0.6) is 0 Å². The van der Waals surface area contributed by atoms with E-state index in [0.29, 0.717) is 24.3 Å². The van der Waals surface area contributed by atoms with Gasteiger partial charge in [-0.05, 0) is 35.9 Å². The molecule has 1 aliphatic heterocycles. The van der Waals surface area contributed by atoms with Crippen LogP contribution in [-0.2, 0) is 16.0 Å². The number of carbonyl (C=O) groups excluding carboxylic acids is 2. The molecule has 1 heterocycles. The number of fused-ring (bicyclic) bond motifs is 1. The number of anilines is 3. The predicted octanol–water partition coefficient (Wildman–Crippen LogP) is 2.19. The third-order valence-corrected chi connectivity index (χ3v) is 3.68. The Bertz CT molecular complexity index is 710. The third kappa shape index (κ3) is 2.93. The molecule has 0 bridgehead atoms. The van der Waals surface area contributed by atoms with Gasteiger partial charge in [-0.25, -0.2) is 0 Å². The number of nitrogens with two attached hydrogens (primary N) is 1. The number of nitrogens with zero attached hydrogens (tertiary/aromatic N) is 1. The van der Waals surface area contributed by atoms with Gasteiger partial charge >= 0.3 is 0 Å². The van der Waals surface area contributed by atoms with Crippen molar-refractivity contribution in [3.63, 3.8) is 0 Å². The largest absolute Gasteiger partial charge is 0.399 e. The van der Waals surface area contributed by atoms with Gasteiger partial charge in [0.25, 0.3) is 0 Å². The van der Waals surface area contributed by atoms with Crippen molar-refractivity contribution >= 4 is 28.9 Å². The summed E-state index contributed by atoms with van der Waals surface area (Å²) in [5.74, 6) is -0.0802. The number of carbonyl (C=O) groups is 2. The zero-order valence-electron chi connectivity index (χ0n) is 12.1. The maximum absolute atomic E-state index is 12.0. The number of para-hydroxylation sites is 1. The summed E-state index contributed by atoms with van der Waals surface area (Å²) in [6.45, 7) is 0.386. The quantitative estimate of drug-likeness (QED) is 0.849. The van der Waals surface area contributed by atoms with Crippen LogP contribution in [0.15, 0.2) is 48.5 Å². The number of nitrogen functional groups attached to an aromatic ring is 1. The van der Waals surface area contributed by atoms with Gasteiger partial charge in [0.15, 0.2) is 0 Å². The predicted molar refractivity (Wildman–Crippen MR) is 86.6 cm³/mol. The highest BCUT2D eigenvalue weighted by Crippen LogP contribution is 2.28. The Morgan fingerprint density at radius 3 is 2.64 bits per heavy atom. The lowest BCUT2D eigenvalue weighted by Crippen LogP contribution is -2.30. The van der Waals surface area contributed by atoms with Crippen LogP contribution in [0.4, 0.5) is 17.1 Å². The molecule has 0 atom stereocenters. The molecule has 0 aliphatic carbocycles. The number of rotatable bonds is 4. The van der Waals surface area contributed by atoms with E-state index in [1.165, 1.54) is 0 Å². The highest BCUT2D eigenvalue weighted by atomic mass is 16.2. The van der Waals surface area contributed by atoms with Crippen molar-refractivity contribution in [2.45, 2.75) is 12.8 Å². The molecule has 0 spiro atoms. The molecule has 0 saturated heterocycles. The number of nitrogens with one attached hydrogen (secondary N) is 1. The zero-order valence-corrected chi connectivity index (χ0v) is 12.1. The fraction of sp³-hybridized carbons (Fsp3) is 0.176. The maximum atomic E-state index is 12.0. The number of amides is 2. The molecule has 1 aliphatic rings. The highest BCUT2D eigenvalue weighted by molar-refractivity contribution is 6.02. The van der Waals surface area contributed by atoms with Crippen LogP contribution in [0.25, 0.3) is 0 Å². The van der Waals surface area contributed by atoms with E-state index in [1.807, 2.05) is 24.3 Å². The van der Waals surface area contributed by atoms with Gasteiger partial charge in [0.2, 0.25) is 11.8 Å². The molecule has 2 aromatic carbocycles. The Morgan fingerprint density at radius 2 is 1.86 bits per heavy atom. The molecule has 3 rings (SSSR count). The van der Waals surface area contributed by atoms with E-state index in [0.717, 1.165) is 11.3 Å². The van der Waals surface area contributed by atoms with Crippen molar-refractivity contribution in [3.8, 4) is 0 Å². The van der Waals surface area contributed by atoms with E-state index in [9.17, 15) is 9.59 Å². The number of hydrogen-bond donors (Lipinski definition) is 2. The van der Waals surface area contributed by atoms with Crippen molar-refractivity contribution in [1.82, 2.24) is 0 Å². The van der Waals surface area contributed by atoms with Gasteiger partial charge in [0.05, 0.1) is 6.42 Å². The first-order valence-corrected chi connectivity index (χ1v) is 7.17. The van der Waals surface area contributed by atoms with Gasteiger partial charge in [0, 0.05) is 30.0 Å². The van der Waals surface area contributed by atoms with Crippen LogP contribution in [-0.4, -0.2) is 18.4 Å². The number of hydrogen-bond acceptors (Lipinski definition) is 3. The second kappa shape index (κ2) is 5.89. The zero-order chi connectivity index (χ0) is 15.5. The smallest absolute Gasteiger partial charge is 0.231 e. The van der Waals surface area contributed by atoms with Crippen LogP contribution in [0, 0.1) is 0 Å². The first-order valence-electron chi connectivity index (χ1n) is 7.17. The molecule has 5 heteroatoms. The lowest BCUT2D eigenvalue weighted by atomic mass is 10.2. The Labute approximate surface area is 128 Å². The van der Waals surface area contributed by atoms with Crippen LogP contribution in [0.3, 0.4) is 0 Å². The van der Waals surface area contributed by atoms with Crippen molar-refractivity contribution in [2.24, 2.45) is 0 Å². The van der Waals surface area contributed by atoms with Gasteiger partial charge in [-0.15, -0.1) is 0 Å². The minimum atomic E-state index is -0.123. The number of benzene rings is 2. The Balaban J connectivity index is 1.59. The average Bonchev–Trinajstić information content (AvgIpc) is 2.83. The minimum Gasteiger partial charge on any atom is -0.399 e. The summed E-state index contributed by atoms with van der Waals surface area (Å²) in [4.78, 5) is 25.7. The highest BCUT2D eigenvalue weighted by Gasteiger charge is 2.26. The summed E-state index contributed by atoms with van der Waals surface area (Å²) in [6.07, 6.45) is 0.667. The Morgan fingerprint density at radius 1 is 1.14 bits per heavy atom. The molecule has 112 valence electrons. The molecule has 0 saturated carbocycles. The van der Waals surface area contributed by atoms with Crippen LogP contribution in [0.2, 0.25) is 0 Å². The molecule has 2 amide bonds. The van der Waals surface area contributed by atoms with Crippen LogP contribution >= 0.6 is 0 Å². The fourth-order valence-corrected chi connectivity index (χ4v) is 2.56. The van der Waals surface area contributed by atoms with Crippen molar-refractivity contribution in [3.05, 3.63) is 54.1 Å². The van der Waals surface area contributed by atoms with Gasteiger partial charge in [-0.3, -0.25) is 9.59 Å². The third-order valence-electron chi connectivity index (χ3n) is 3.68. The van der Waals surface area contributed by atoms with E-state index >= 15 is 0 Å². The fourth-order valence-electron chi connectivity index (χ4n) is 2.56. The molecular formula is C17H17N3O2. The van der Waals surface area contributed by atoms with Gasteiger partial charge in [0.1, 0.15) is 0 Å². The Kier molecular flexibility index (Phi) is 3.78. The summed E-state index contributed by atoms with van der Waals surface area (Å²) in [5, 5.41) is 2.80. The van der Waals surface area contributed by atoms with Crippen LogP contribution < -0.4 is 16.0 Å². The summed E-state index contributed by atoms with van der Waals surface area (Å²) in [5.41, 5.74) is 8.88. The summed E-state index contributed by atoms with van der Waals surface area (Å²) in [7, 11) is 0. The van der Waals surface area contributed by atoms with E-state index in [4.69, 9.17) is 5.73 Å². The lowest BCUT2D eigenvalue weighted by Gasteiger charge is -2.17. The van der Waals surface area contributed by atoms with Crippen molar-refractivity contribution < 1.29 is 9.59 Å². The maximum Gasteiger partial charge on any atom is 0.231 e. The monoisotopic (exact) mass is 295 g/mol. The molecule has 3 N–H and O–H groups in total. The molecular weight excluding hydrogens is 278 g/mol. The normalized spacial score (nSPS) is 13.1. The second-order valence-electron chi connectivity index (χ2n) is 5.27. The van der Waals surface area contributed by atoms with E-state index in [-0.39, 0.29) is 18.2 Å². The standard InChI is InChI=1S/C17H17N3O2/c18-13-5-7-14(8-6-13)19-16(21)9-10-20-15-4-2-1-3-12(15)11-17(20)22/h1-8H,9-11,18H2,(H,19,21). The van der Waals surface area contributed by atoms with E-state index in [2.05, 4.69) is 5.32 Å².